The number of amides is 1. The first-order valence-electron chi connectivity index (χ1n) is 7.44. The van der Waals surface area contributed by atoms with Gasteiger partial charge in [-0.3, -0.25) is 4.79 Å². The highest BCUT2D eigenvalue weighted by Crippen LogP contribution is 2.20. The highest BCUT2D eigenvalue weighted by molar-refractivity contribution is 5.76. The van der Waals surface area contributed by atoms with E-state index in [0.29, 0.717) is 13.0 Å². The quantitative estimate of drug-likeness (QED) is 0.783. The summed E-state index contributed by atoms with van der Waals surface area (Å²) in [7, 11) is 1.85. The van der Waals surface area contributed by atoms with Crippen LogP contribution in [-0.4, -0.2) is 41.1 Å². The van der Waals surface area contributed by atoms with Gasteiger partial charge in [-0.1, -0.05) is 0 Å². The molecule has 0 saturated heterocycles. The minimum atomic E-state index is -0.292. The summed E-state index contributed by atoms with van der Waals surface area (Å²) in [5.74, 6) is 0.160. The van der Waals surface area contributed by atoms with Gasteiger partial charge in [0.05, 0.1) is 5.60 Å². The molecule has 4 heteroatoms. The zero-order valence-corrected chi connectivity index (χ0v) is 14.7. The van der Waals surface area contributed by atoms with E-state index < -0.39 is 0 Å². The normalized spacial score (nSPS) is 13.4. The van der Waals surface area contributed by atoms with Gasteiger partial charge in [0.25, 0.3) is 0 Å². The van der Waals surface area contributed by atoms with Crippen molar-refractivity contribution in [1.29, 1.82) is 0 Å². The highest BCUT2D eigenvalue weighted by atomic mass is 16.5. The Hall–Kier alpha value is -0.610. The Bertz CT molecular complexity index is 311. The zero-order valence-electron chi connectivity index (χ0n) is 14.7. The number of nitrogens with two attached hydrogens (primary N) is 1. The molecule has 0 radical (unpaired) electrons. The van der Waals surface area contributed by atoms with Crippen molar-refractivity contribution in [2.24, 2.45) is 5.73 Å². The fourth-order valence-corrected chi connectivity index (χ4v) is 1.61. The van der Waals surface area contributed by atoms with Crippen LogP contribution in [0.25, 0.3) is 0 Å². The van der Waals surface area contributed by atoms with E-state index in [9.17, 15) is 4.79 Å². The second-order valence-electron chi connectivity index (χ2n) is 7.97. The number of hydrogen-bond donors (Lipinski definition) is 1. The molecule has 0 atom stereocenters. The summed E-state index contributed by atoms with van der Waals surface area (Å²) in [6.07, 6.45) is 2.04. The smallest absolute Gasteiger partial charge is 0.222 e. The largest absolute Gasteiger partial charge is 0.375 e. The van der Waals surface area contributed by atoms with Crippen molar-refractivity contribution >= 4 is 5.91 Å². The Morgan fingerprint density at radius 3 is 1.95 bits per heavy atom. The Labute approximate surface area is 125 Å². The summed E-state index contributed by atoms with van der Waals surface area (Å²) in [6.45, 7) is 14.8. The molecule has 0 rings (SSSR count). The zero-order chi connectivity index (χ0) is 16.2. The third-order valence-electron chi connectivity index (χ3n) is 3.56. The monoisotopic (exact) mass is 286 g/mol. The van der Waals surface area contributed by atoms with Crippen molar-refractivity contribution in [2.75, 3.05) is 13.7 Å². The molecule has 0 aliphatic rings. The predicted octanol–water partition coefficient (Wildman–Crippen LogP) is 2.95. The number of nitrogens with zero attached hydrogens (tertiary/aromatic N) is 1. The number of ether oxygens (including phenoxy) is 1. The molecule has 0 aromatic carbocycles. The molecule has 120 valence electrons. The van der Waals surface area contributed by atoms with Crippen molar-refractivity contribution in [1.82, 2.24) is 4.90 Å². The van der Waals surface area contributed by atoms with Crippen LogP contribution in [0.15, 0.2) is 0 Å². The summed E-state index contributed by atoms with van der Waals surface area (Å²) < 4.78 is 5.87. The molecule has 0 unspecified atom stereocenters. The lowest BCUT2D eigenvalue weighted by Crippen LogP contribution is -2.43. The van der Waals surface area contributed by atoms with Crippen LogP contribution in [0.3, 0.4) is 0 Å². The predicted molar refractivity (Wildman–Crippen MR) is 84.7 cm³/mol. The van der Waals surface area contributed by atoms with Crippen molar-refractivity contribution in [3.63, 3.8) is 0 Å². The molecule has 0 aliphatic carbocycles. The minimum Gasteiger partial charge on any atom is -0.375 e. The van der Waals surface area contributed by atoms with Gasteiger partial charge in [-0.15, -0.1) is 0 Å². The third-order valence-corrected chi connectivity index (χ3v) is 3.56. The molecule has 0 aliphatic heterocycles. The van der Waals surface area contributed by atoms with Gasteiger partial charge in [0.15, 0.2) is 0 Å². The molecular formula is C16H34N2O2. The average molecular weight is 286 g/mol. The molecule has 0 spiro atoms. The lowest BCUT2D eigenvalue weighted by Gasteiger charge is -2.33. The first-order valence-corrected chi connectivity index (χ1v) is 7.44. The van der Waals surface area contributed by atoms with Gasteiger partial charge in [-0.25, -0.2) is 0 Å². The summed E-state index contributed by atoms with van der Waals surface area (Å²) >= 11 is 0. The van der Waals surface area contributed by atoms with Crippen LogP contribution in [0.4, 0.5) is 0 Å². The average Bonchev–Trinajstić information content (AvgIpc) is 2.21. The van der Waals surface area contributed by atoms with Crippen LogP contribution < -0.4 is 5.73 Å². The molecule has 0 saturated carbocycles. The molecule has 0 fully saturated rings. The molecule has 0 heterocycles. The van der Waals surface area contributed by atoms with E-state index in [1.165, 1.54) is 0 Å². The maximum atomic E-state index is 12.1. The van der Waals surface area contributed by atoms with Crippen molar-refractivity contribution in [3.05, 3.63) is 0 Å². The highest BCUT2D eigenvalue weighted by Gasteiger charge is 2.26. The van der Waals surface area contributed by atoms with Crippen molar-refractivity contribution in [3.8, 4) is 0 Å². The van der Waals surface area contributed by atoms with E-state index >= 15 is 0 Å². The van der Waals surface area contributed by atoms with Crippen LogP contribution in [0.2, 0.25) is 0 Å². The van der Waals surface area contributed by atoms with Crippen LogP contribution in [0, 0.1) is 0 Å². The molecule has 20 heavy (non-hydrogen) atoms. The molecular weight excluding hydrogens is 252 g/mol. The van der Waals surface area contributed by atoms with E-state index in [1.54, 1.807) is 4.90 Å². The lowest BCUT2D eigenvalue weighted by molar-refractivity contribution is -0.135. The van der Waals surface area contributed by atoms with E-state index in [4.69, 9.17) is 10.5 Å². The van der Waals surface area contributed by atoms with E-state index in [-0.39, 0.29) is 22.6 Å². The Morgan fingerprint density at radius 1 is 1.05 bits per heavy atom. The van der Waals surface area contributed by atoms with Gasteiger partial charge in [0, 0.05) is 31.2 Å². The third kappa shape index (κ3) is 8.54. The SMILES string of the molecule is CN(C(=O)CCC(C)(C)OCCC(C)(C)N)C(C)(C)C. The van der Waals surface area contributed by atoms with Gasteiger partial charge < -0.3 is 15.4 Å². The first kappa shape index (κ1) is 19.4. The number of carbonyl (C=O) groups excluding carboxylic acids is 1. The lowest BCUT2D eigenvalue weighted by atomic mass is 9.99. The first-order chi connectivity index (χ1) is 8.75. The van der Waals surface area contributed by atoms with Crippen molar-refractivity contribution in [2.45, 2.75) is 84.4 Å². The Kier molecular flexibility index (Phi) is 6.69. The molecule has 0 aromatic rings. The number of rotatable bonds is 7. The second-order valence-corrected chi connectivity index (χ2v) is 7.97. The van der Waals surface area contributed by atoms with E-state index in [1.807, 2.05) is 55.5 Å². The van der Waals surface area contributed by atoms with E-state index in [2.05, 4.69) is 0 Å². The number of hydrogen-bond acceptors (Lipinski definition) is 3. The maximum absolute atomic E-state index is 12.1. The molecule has 4 nitrogen and oxygen atoms in total. The van der Waals surface area contributed by atoms with E-state index in [0.717, 1.165) is 12.8 Å². The van der Waals surface area contributed by atoms with Crippen LogP contribution >= 0.6 is 0 Å². The fourth-order valence-electron chi connectivity index (χ4n) is 1.61. The Morgan fingerprint density at radius 2 is 1.55 bits per heavy atom. The molecule has 2 N–H and O–H groups in total. The summed E-state index contributed by atoms with van der Waals surface area (Å²) in [5.41, 5.74) is 5.30. The fraction of sp³-hybridized carbons (Fsp3) is 0.938. The van der Waals surface area contributed by atoms with Gasteiger partial charge in [-0.2, -0.15) is 0 Å². The summed E-state index contributed by atoms with van der Waals surface area (Å²) in [6, 6.07) is 0. The summed E-state index contributed by atoms with van der Waals surface area (Å²) in [5, 5.41) is 0. The van der Waals surface area contributed by atoms with Gasteiger partial charge in [-0.05, 0) is 61.3 Å². The van der Waals surface area contributed by atoms with Crippen LogP contribution in [0.1, 0.15) is 67.7 Å². The maximum Gasteiger partial charge on any atom is 0.222 e. The van der Waals surface area contributed by atoms with Crippen LogP contribution in [0.5, 0.6) is 0 Å². The molecule has 0 bridgehead atoms. The van der Waals surface area contributed by atoms with Gasteiger partial charge in [0.1, 0.15) is 0 Å². The van der Waals surface area contributed by atoms with Gasteiger partial charge >= 0.3 is 0 Å². The second kappa shape index (κ2) is 6.90. The van der Waals surface area contributed by atoms with Crippen molar-refractivity contribution < 1.29 is 9.53 Å². The summed E-state index contributed by atoms with van der Waals surface area (Å²) in [4.78, 5) is 13.9. The number of carbonyl (C=O) groups is 1. The Balaban J connectivity index is 4.19. The van der Waals surface area contributed by atoms with Gasteiger partial charge in [0.2, 0.25) is 5.91 Å². The molecule has 0 aromatic heterocycles. The van der Waals surface area contributed by atoms with Crippen LogP contribution in [-0.2, 0) is 9.53 Å². The minimum absolute atomic E-state index is 0.133. The topological polar surface area (TPSA) is 55.6 Å². The molecule has 1 amide bonds. The standard InChI is InChI=1S/C16H34N2O2/c1-14(2,3)18(8)13(19)9-10-16(6,7)20-12-11-15(4,5)17/h9-12,17H2,1-8H3.